The van der Waals surface area contributed by atoms with E-state index in [1.165, 1.54) is 12.3 Å². The van der Waals surface area contributed by atoms with Gasteiger partial charge in [-0.25, -0.2) is 4.98 Å². The van der Waals surface area contributed by atoms with Crippen LogP contribution in [0.4, 0.5) is 24.9 Å². The number of anilines is 2. The summed E-state index contributed by atoms with van der Waals surface area (Å²) in [7, 11) is 0. The zero-order valence-electron chi connectivity index (χ0n) is 12.2. The van der Waals surface area contributed by atoms with Gasteiger partial charge < -0.3 is 11.5 Å². The van der Waals surface area contributed by atoms with Gasteiger partial charge in [-0.05, 0) is 29.3 Å². The summed E-state index contributed by atoms with van der Waals surface area (Å²) in [5.41, 5.74) is 12.0. The van der Waals surface area contributed by atoms with Crippen LogP contribution in [0.1, 0.15) is 16.7 Å². The molecule has 0 spiro atoms. The molecule has 0 atom stereocenters. The van der Waals surface area contributed by atoms with Crippen LogP contribution in [0, 0.1) is 0 Å². The Hall–Kier alpha value is -3.16. The number of nitrogen functional groups attached to an aromatic ring is 2. The van der Waals surface area contributed by atoms with E-state index in [1.54, 1.807) is 24.3 Å². The normalized spacial score (nSPS) is 12.1. The van der Waals surface area contributed by atoms with E-state index in [1.807, 2.05) is 0 Å². The number of aromatic nitrogens is 3. The summed E-state index contributed by atoms with van der Waals surface area (Å²) in [6, 6.07) is 6.73. The van der Waals surface area contributed by atoms with E-state index >= 15 is 0 Å². The first kappa shape index (κ1) is 15.7. The minimum Gasteiger partial charge on any atom is -0.383 e. The van der Waals surface area contributed by atoms with Crippen molar-refractivity contribution in [3.8, 4) is 0 Å². The third kappa shape index (κ3) is 3.27. The summed E-state index contributed by atoms with van der Waals surface area (Å²) < 4.78 is 38.1. The number of pyridine rings is 1. The molecule has 2 heterocycles. The number of hydrogen-bond acceptors (Lipinski definition) is 5. The molecular formula is C16H12F3N5. The molecular weight excluding hydrogens is 319 g/mol. The third-order valence-corrected chi connectivity index (χ3v) is 3.30. The molecule has 3 rings (SSSR count). The largest absolute Gasteiger partial charge is 0.416 e. The standard InChI is InChI=1S/C16H12F3N5/c17-16(18,19)11-3-1-2-9(6-11)4-5-10-7-12-13(20)23-15(21)24-14(12)22-8-10/h1-8H,(H4,20,21,22,23,24)/b5-4+. The first-order valence-corrected chi connectivity index (χ1v) is 6.87. The highest BCUT2D eigenvalue weighted by molar-refractivity contribution is 5.88. The van der Waals surface area contributed by atoms with Crippen LogP contribution in [0.5, 0.6) is 0 Å². The fourth-order valence-corrected chi connectivity index (χ4v) is 2.17. The van der Waals surface area contributed by atoms with Crippen molar-refractivity contribution in [3.63, 3.8) is 0 Å². The Bertz CT molecular complexity index is 935. The van der Waals surface area contributed by atoms with Crippen molar-refractivity contribution < 1.29 is 13.2 Å². The molecule has 2 aromatic heterocycles. The van der Waals surface area contributed by atoms with Crippen molar-refractivity contribution in [1.29, 1.82) is 0 Å². The predicted molar refractivity (Wildman–Crippen MR) is 86.5 cm³/mol. The molecule has 0 radical (unpaired) electrons. The number of alkyl halides is 3. The van der Waals surface area contributed by atoms with Crippen molar-refractivity contribution >= 4 is 35.0 Å². The SMILES string of the molecule is Nc1nc(N)c2cc(/C=C/c3cccc(C(F)(F)F)c3)cnc2n1. The number of nitrogens with zero attached hydrogens (tertiary/aromatic N) is 3. The van der Waals surface area contributed by atoms with Crippen molar-refractivity contribution in [2.45, 2.75) is 6.18 Å². The first-order valence-electron chi connectivity index (χ1n) is 6.87. The average Bonchev–Trinajstić information content (AvgIpc) is 2.52. The minimum atomic E-state index is -4.37. The molecule has 8 heteroatoms. The summed E-state index contributed by atoms with van der Waals surface area (Å²) in [6.45, 7) is 0. The lowest BCUT2D eigenvalue weighted by Gasteiger charge is -2.06. The predicted octanol–water partition coefficient (Wildman–Crippen LogP) is 3.38. The van der Waals surface area contributed by atoms with Crippen LogP contribution in [0.2, 0.25) is 0 Å². The lowest BCUT2D eigenvalue weighted by molar-refractivity contribution is -0.137. The second kappa shape index (κ2) is 5.80. The van der Waals surface area contributed by atoms with Gasteiger partial charge in [0.05, 0.1) is 10.9 Å². The van der Waals surface area contributed by atoms with Gasteiger partial charge in [-0.1, -0.05) is 24.3 Å². The highest BCUT2D eigenvalue weighted by Gasteiger charge is 2.30. The molecule has 0 unspecified atom stereocenters. The lowest BCUT2D eigenvalue weighted by atomic mass is 10.1. The Balaban J connectivity index is 1.94. The number of nitrogens with two attached hydrogens (primary N) is 2. The molecule has 0 bridgehead atoms. The van der Waals surface area contributed by atoms with Crippen LogP contribution >= 0.6 is 0 Å². The molecule has 4 N–H and O–H groups in total. The zero-order chi connectivity index (χ0) is 17.3. The van der Waals surface area contributed by atoms with E-state index in [0.717, 1.165) is 12.1 Å². The van der Waals surface area contributed by atoms with Gasteiger partial charge in [0.1, 0.15) is 5.82 Å². The van der Waals surface area contributed by atoms with Gasteiger partial charge >= 0.3 is 6.18 Å². The molecule has 0 aliphatic carbocycles. The van der Waals surface area contributed by atoms with Crippen LogP contribution in [-0.2, 0) is 6.18 Å². The first-order chi connectivity index (χ1) is 11.3. The van der Waals surface area contributed by atoms with Crippen LogP contribution in [0.3, 0.4) is 0 Å². The average molecular weight is 331 g/mol. The summed E-state index contributed by atoms with van der Waals surface area (Å²) >= 11 is 0. The van der Waals surface area contributed by atoms with Gasteiger partial charge in [-0.2, -0.15) is 23.1 Å². The quantitative estimate of drug-likeness (QED) is 0.751. The molecule has 3 aromatic rings. The van der Waals surface area contributed by atoms with E-state index in [0.29, 0.717) is 22.2 Å². The van der Waals surface area contributed by atoms with Gasteiger partial charge in [0, 0.05) is 6.20 Å². The Morgan fingerprint density at radius 1 is 0.958 bits per heavy atom. The number of halogens is 3. The third-order valence-electron chi connectivity index (χ3n) is 3.30. The molecule has 1 aromatic carbocycles. The van der Waals surface area contributed by atoms with E-state index < -0.39 is 11.7 Å². The maximum absolute atomic E-state index is 12.7. The lowest BCUT2D eigenvalue weighted by Crippen LogP contribution is -2.04. The topological polar surface area (TPSA) is 90.7 Å². The number of benzene rings is 1. The summed E-state index contributed by atoms with van der Waals surface area (Å²) in [6.07, 6.45) is 0.350. The Morgan fingerprint density at radius 3 is 2.46 bits per heavy atom. The summed E-state index contributed by atoms with van der Waals surface area (Å²) in [4.78, 5) is 11.9. The van der Waals surface area contributed by atoms with Gasteiger partial charge in [0.15, 0.2) is 5.65 Å². The zero-order valence-corrected chi connectivity index (χ0v) is 12.2. The van der Waals surface area contributed by atoms with Crippen molar-refractivity contribution in [3.05, 3.63) is 53.2 Å². The van der Waals surface area contributed by atoms with Crippen LogP contribution in [-0.4, -0.2) is 15.0 Å². The number of fused-ring (bicyclic) bond motifs is 1. The smallest absolute Gasteiger partial charge is 0.383 e. The molecule has 0 saturated carbocycles. The second-order valence-electron chi connectivity index (χ2n) is 5.06. The van der Waals surface area contributed by atoms with Gasteiger partial charge in [-0.15, -0.1) is 0 Å². The fourth-order valence-electron chi connectivity index (χ4n) is 2.17. The molecule has 0 fully saturated rings. The van der Waals surface area contributed by atoms with E-state index in [4.69, 9.17) is 11.5 Å². The maximum atomic E-state index is 12.7. The van der Waals surface area contributed by atoms with Crippen LogP contribution in [0.15, 0.2) is 36.5 Å². The van der Waals surface area contributed by atoms with Crippen molar-refractivity contribution in [1.82, 2.24) is 15.0 Å². The Morgan fingerprint density at radius 2 is 1.71 bits per heavy atom. The van der Waals surface area contributed by atoms with E-state index in [9.17, 15) is 13.2 Å². The second-order valence-corrected chi connectivity index (χ2v) is 5.06. The minimum absolute atomic E-state index is 0.0276. The molecule has 0 aliphatic rings. The van der Waals surface area contributed by atoms with Gasteiger partial charge in [-0.3, -0.25) is 0 Å². The summed E-state index contributed by atoms with van der Waals surface area (Å²) in [5.74, 6) is 0.221. The monoisotopic (exact) mass is 331 g/mol. The maximum Gasteiger partial charge on any atom is 0.416 e. The van der Waals surface area contributed by atoms with Crippen LogP contribution < -0.4 is 11.5 Å². The summed E-state index contributed by atoms with van der Waals surface area (Å²) in [5, 5.41) is 0.524. The molecule has 0 amide bonds. The van der Waals surface area contributed by atoms with Crippen LogP contribution in [0.25, 0.3) is 23.2 Å². The van der Waals surface area contributed by atoms with Gasteiger partial charge in [0.25, 0.3) is 0 Å². The highest BCUT2D eigenvalue weighted by Crippen LogP contribution is 2.30. The number of hydrogen-bond donors (Lipinski definition) is 2. The molecule has 0 aliphatic heterocycles. The van der Waals surface area contributed by atoms with E-state index in [2.05, 4.69) is 15.0 Å². The van der Waals surface area contributed by atoms with E-state index in [-0.39, 0.29) is 11.8 Å². The molecule has 5 nitrogen and oxygen atoms in total. The molecule has 0 saturated heterocycles. The Kier molecular flexibility index (Phi) is 3.80. The van der Waals surface area contributed by atoms with Crippen molar-refractivity contribution in [2.75, 3.05) is 11.5 Å². The Labute approximate surface area is 134 Å². The fraction of sp³-hybridized carbons (Fsp3) is 0.0625. The van der Waals surface area contributed by atoms with Crippen molar-refractivity contribution in [2.24, 2.45) is 0 Å². The molecule has 24 heavy (non-hydrogen) atoms. The molecule has 122 valence electrons. The highest BCUT2D eigenvalue weighted by atomic mass is 19.4. The number of rotatable bonds is 2. The van der Waals surface area contributed by atoms with Gasteiger partial charge in [0.2, 0.25) is 5.95 Å².